The van der Waals surface area contributed by atoms with Gasteiger partial charge >= 0.3 is 0 Å². The van der Waals surface area contributed by atoms with Gasteiger partial charge in [0.05, 0.1) is 0 Å². The molecule has 0 saturated carbocycles. The van der Waals surface area contributed by atoms with Crippen LogP contribution < -0.4 is 0 Å². The van der Waals surface area contributed by atoms with Crippen molar-refractivity contribution < 1.29 is 5.48 Å². The number of aryl methyl sites for hydroxylation is 1. The van der Waals surface area contributed by atoms with Crippen LogP contribution in [0.5, 0.6) is 0 Å². The second-order valence-corrected chi connectivity index (χ2v) is 9.27. The molecule has 0 unspecified atom stereocenters. The van der Waals surface area contributed by atoms with Crippen molar-refractivity contribution in [2.45, 2.75) is 129 Å². The van der Waals surface area contributed by atoms with Gasteiger partial charge in [-0.1, -0.05) is 140 Å². The monoisotopic (exact) mass is 433 g/mol. The summed E-state index contributed by atoms with van der Waals surface area (Å²) in [5, 5.41) is 0. The van der Waals surface area contributed by atoms with Crippen LogP contribution >= 0.6 is 0 Å². The zero-order chi connectivity index (χ0) is 21.5. The predicted octanol–water partition coefficient (Wildman–Crippen LogP) is 8.38. The smallest absolute Gasteiger partial charge is 0.00190 e. The molecule has 0 radical (unpaired) electrons. The lowest BCUT2D eigenvalue weighted by atomic mass is 10.0. The van der Waals surface area contributed by atoms with Crippen molar-refractivity contribution in [1.82, 2.24) is 4.90 Å². The number of nitrogens with zero attached hydrogens (tertiary/aromatic N) is 1. The van der Waals surface area contributed by atoms with Crippen molar-refractivity contribution in [3.63, 3.8) is 0 Å². The summed E-state index contributed by atoms with van der Waals surface area (Å²) in [7, 11) is 0. The van der Waals surface area contributed by atoms with Gasteiger partial charge in [0, 0.05) is 0 Å². The Morgan fingerprint density at radius 2 is 0.839 bits per heavy atom. The van der Waals surface area contributed by atoms with Crippen LogP contribution in [-0.2, 0) is 6.42 Å². The maximum absolute atomic E-state index is 2.55. The third kappa shape index (κ3) is 19.5. The molecule has 0 aliphatic carbocycles. The molecule has 1 aromatic carbocycles. The van der Waals surface area contributed by atoms with E-state index in [0.717, 1.165) is 0 Å². The van der Waals surface area contributed by atoms with Crippen LogP contribution in [0.1, 0.15) is 129 Å². The summed E-state index contributed by atoms with van der Waals surface area (Å²) in [5.74, 6) is 0. The van der Waals surface area contributed by atoms with Gasteiger partial charge in [0.2, 0.25) is 0 Å². The lowest BCUT2D eigenvalue weighted by Gasteiger charge is -2.17. The van der Waals surface area contributed by atoms with Crippen LogP contribution in [0.3, 0.4) is 0 Å². The van der Waals surface area contributed by atoms with E-state index in [2.05, 4.69) is 49.1 Å². The van der Waals surface area contributed by atoms with Gasteiger partial charge in [-0.05, 0) is 44.5 Å². The molecule has 182 valence electrons. The first-order chi connectivity index (χ1) is 14.9. The Labute approximate surface area is 195 Å². The molecule has 0 aliphatic heterocycles. The summed E-state index contributed by atoms with van der Waals surface area (Å²) in [5.41, 5.74) is 1.50. The second kappa shape index (κ2) is 23.8. The summed E-state index contributed by atoms with van der Waals surface area (Å²) in [4.78, 5) is 2.55. The molecule has 0 spiro atoms. The van der Waals surface area contributed by atoms with Gasteiger partial charge in [-0.25, -0.2) is 0 Å². The van der Waals surface area contributed by atoms with Crippen LogP contribution in [0.4, 0.5) is 0 Å². The molecule has 2 nitrogen and oxygen atoms in total. The minimum absolute atomic E-state index is 0. The normalized spacial score (nSPS) is 11.1. The number of hydrogen-bond donors (Lipinski definition) is 0. The molecule has 2 N–H and O–H groups in total. The first-order valence-corrected chi connectivity index (χ1v) is 13.6. The fourth-order valence-electron chi connectivity index (χ4n) is 4.50. The Kier molecular flexibility index (Phi) is 23.1. The molecule has 0 saturated heterocycles. The maximum atomic E-state index is 2.55. The Balaban J connectivity index is 0.00000900. The van der Waals surface area contributed by atoms with E-state index in [1.165, 1.54) is 141 Å². The molecule has 1 aromatic rings. The largest absolute Gasteiger partial charge is 0.412 e. The fourth-order valence-corrected chi connectivity index (χ4v) is 4.50. The number of hydrogen-bond acceptors (Lipinski definition) is 1. The Hall–Kier alpha value is -0.860. The SMILES string of the molecule is CCN(CC)CCCCCCCCCCCCCCCCCCCc1ccccc1.O. The van der Waals surface area contributed by atoms with Gasteiger partial charge in [-0.15, -0.1) is 0 Å². The van der Waals surface area contributed by atoms with Gasteiger partial charge < -0.3 is 10.4 Å². The zero-order valence-electron chi connectivity index (χ0n) is 21.2. The van der Waals surface area contributed by atoms with E-state index >= 15 is 0 Å². The van der Waals surface area contributed by atoms with Gasteiger partial charge in [0.1, 0.15) is 0 Å². The third-order valence-electron chi connectivity index (χ3n) is 6.68. The molecule has 0 bridgehead atoms. The quantitative estimate of drug-likeness (QED) is 0.169. The molecular weight excluding hydrogens is 378 g/mol. The van der Waals surface area contributed by atoms with E-state index in [9.17, 15) is 0 Å². The van der Waals surface area contributed by atoms with Crippen molar-refractivity contribution in [2.75, 3.05) is 19.6 Å². The zero-order valence-corrected chi connectivity index (χ0v) is 21.2. The van der Waals surface area contributed by atoms with E-state index in [4.69, 9.17) is 0 Å². The van der Waals surface area contributed by atoms with Gasteiger partial charge in [0.15, 0.2) is 0 Å². The first-order valence-electron chi connectivity index (χ1n) is 13.6. The summed E-state index contributed by atoms with van der Waals surface area (Å²) >= 11 is 0. The number of rotatable bonds is 22. The van der Waals surface area contributed by atoms with Crippen LogP contribution in [-0.4, -0.2) is 30.0 Å². The Morgan fingerprint density at radius 1 is 0.484 bits per heavy atom. The van der Waals surface area contributed by atoms with E-state index < -0.39 is 0 Å². The third-order valence-corrected chi connectivity index (χ3v) is 6.68. The van der Waals surface area contributed by atoms with E-state index in [-0.39, 0.29) is 5.48 Å². The first kappa shape index (κ1) is 30.1. The molecular formula is C29H55NO. The highest BCUT2D eigenvalue weighted by molar-refractivity contribution is 5.14. The van der Waals surface area contributed by atoms with Crippen molar-refractivity contribution in [3.8, 4) is 0 Å². The van der Waals surface area contributed by atoms with Crippen molar-refractivity contribution in [2.24, 2.45) is 0 Å². The minimum Gasteiger partial charge on any atom is -0.412 e. The highest BCUT2D eigenvalue weighted by Gasteiger charge is 1.98. The molecule has 0 amide bonds. The van der Waals surface area contributed by atoms with Crippen LogP contribution in [0.25, 0.3) is 0 Å². The second-order valence-electron chi connectivity index (χ2n) is 9.27. The van der Waals surface area contributed by atoms with Gasteiger partial charge in [0.25, 0.3) is 0 Å². The van der Waals surface area contributed by atoms with Gasteiger partial charge in [-0.2, -0.15) is 0 Å². The standard InChI is InChI=1S/C29H53N.H2O/c1-3-30(4-2)28-24-19-17-15-13-11-9-7-5-6-8-10-12-14-16-18-21-25-29-26-22-20-23-27-29;/h20,22-23,26-27H,3-19,21,24-25,28H2,1-2H3;1H2. The molecule has 0 heterocycles. The molecule has 1 rings (SSSR count). The molecule has 0 atom stereocenters. The summed E-state index contributed by atoms with van der Waals surface area (Å²) < 4.78 is 0. The lowest BCUT2D eigenvalue weighted by molar-refractivity contribution is 0.295. The average molecular weight is 434 g/mol. The predicted molar refractivity (Wildman–Crippen MR) is 140 cm³/mol. The molecule has 0 aliphatic rings. The summed E-state index contributed by atoms with van der Waals surface area (Å²) in [6, 6.07) is 10.9. The van der Waals surface area contributed by atoms with Gasteiger partial charge in [-0.3, -0.25) is 0 Å². The van der Waals surface area contributed by atoms with E-state index in [1.54, 1.807) is 0 Å². The van der Waals surface area contributed by atoms with Crippen molar-refractivity contribution in [1.29, 1.82) is 0 Å². The lowest BCUT2D eigenvalue weighted by Crippen LogP contribution is -2.23. The maximum Gasteiger partial charge on any atom is -0.00190 e. The molecule has 0 aromatic heterocycles. The Morgan fingerprint density at radius 3 is 1.23 bits per heavy atom. The topological polar surface area (TPSA) is 34.7 Å². The molecule has 0 fully saturated rings. The van der Waals surface area contributed by atoms with Crippen LogP contribution in [0.15, 0.2) is 30.3 Å². The van der Waals surface area contributed by atoms with Crippen molar-refractivity contribution in [3.05, 3.63) is 35.9 Å². The number of unbranched alkanes of at least 4 members (excludes halogenated alkanes) is 16. The molecule has 2 heteroatoms. The minimum atomic E-state index is 0. The van der Waals surface area contributed by atoms with E-state index in [0.29, 0.717) is 0 Å². The van der Waals surface area contributed by atoms with Crippen LogP contribution in [0, 0.1) is 0 Å². The summed E-state index contributed by atoms with van der Waals surface area (Å²) in [6.07, 6.45) is 25.9. The average Bonchev–Trinajstić information content (AvgIpc) is 2.78. The molecule has 31 heavy (non-hydrogen) atoms. The van der Waals surface area contributed by atoms with Crippen LogP contribution in [0.2, 0.25) is 0 Å². The van der Waals surface area contributed by atoms with Crippen molar-refractivity contribution >= 4 is 0 Å². The fraction of sp³-hybridized carbons (Fsp3) is 0.793. The number of benzene rings is 1. The van der Waals surface area contributed by atoms with E-state index in [1.807, 2.05) is 0 Å². The highest BCUT2D eigenvalue weighted by Crippen LogP contribution is 2.15. The Bertz CT molecular complexity index is 443. The highest BCUT2D eigenvalue weighted by atomic mass is 16.0. The summed E-state index contributed by atoms with van der Waals surface area (Å²) in [6.45, 7) is 8.29.